The van der Waals surface area contributed by atoms with Crippen molar-refractivity contribution < 1.29 is 19.0 Å². The van der Waals surface area contributed by atoms with Crippen LogP contribution in [0.2, 0.25) is 0 Å². The number of nitrogens with zero attached hydrogens (tertiary/aromatic N) is 1. The van der Waals surface area contributed by atoms with Crippen molar-refractivity contribution in [2.75, 3.05) is 25.1 Å². The maximum absolute atomic E-state index is 12.2. The summed E-state index contributed by atoms with van der Waals surface area (Å²) in [5, 5.41) is 3.31. The number of fused-ring (bicyclic) bond motifs is 2. The minimum absolute atomic E-state index is 0.0698. The van der Waals surface area contributed by atoms with Crippen LogP contribution in [0.4, 0.5) is 5.13 Å². The number of hydrogen-bond acceptors (Lipinski definition) is 6. The molecule has 2 heterocycles. The van der Waals surface area contributed by atoms with Crippen molar-refractivity contribution >= 4 is 32.6 Å². The SMILES string of the molecule is CC(C)c1ccc(OCC(=O)Nc2nc3cc4c(cc3s2)OCCO4)cc1. The lowest BCUT2D eigenvalue weighted by Gasteiger charge is -2.17. The van der Waals surface area contributed by atoms with E-state index in [2.05, 4.69) is 24.1 Å². The Morgan fingerprint density at radius 2 is 1.89 bits per heavy atom. The molecule has 0 saturated carbocycles. The molecular weight excluding hydrogens is 364 g/mol. The van der Waals surface area contributed by atoms with E-state index in [1.54, 1.807) is 0 Å². The molecular formula is C20H20N2O4S. The monoisotopic (exact) mass is 384 g/mol. The summed E-state index contributed by atoms with van der Waals surface area (Å²) in [4.78, 5) is 16.6. The van der Waals surface area contributed by atoms with E-state index in [0.717, 1.165) is 10.2 Å². The fraction of sp³-hybridized carbons (Fsp3) is 0.300. The zero-order valence-corrected chi connectivity index (χ0v) is 16.0. The fourth-order valence-corrected chi connectivity index (χ4v) is 3.66. The van der Waals surface area contributed by atoms with Gasteiger partial charge in [0.2, 0.25) is 0 Å². The summed E-state index contributed by atoms with van der Waals surface area (Å²) in [7, 11) is 0. The number of benzene rings is 2. The molecule has 0 bridgehead atoms. The van der Waals surface area contributed by atoms with Crippen LogP contribution in [0, 0.1) is 0 Å². The highest BCUT2D eigenvalue weighted by molar-refractivity contribution is 7.22. The van der Waals surface area contributed by atoms with Gasteiger partial charge in [-0.2, -0.15) is 0 Å². The first-order valence-electron chi connectivity index (χ1n) is 8.81. The van der Waals surface area contributed by atoms with Gasteiger partial charge in [-0.25, -0.2) is 4.98 Å². The molecule has 4 rings (SSSR count). The summed E-state index contributed by atoms with van der Waals surface area (Å²) < 4.78 is 17.6. The topological polar surface area (TPSA) is 69.7 Å². The normalized spacial score (nSPS) is 13.0. The van der Waals surface area contributed by atoms with Crippen LogP contribution in [0.3, 0.4) is 0 Å². The van der Waals surface area contributed by atoms with Crippen molar-refractivity contribution in [3.8, 4) is 17.2 Å². The van der Waals surface area contributed by atoms with Crippen LogP contribution < -0.4 is 19.5 Å². The van der Waals surface area contributed by atoms with Crippen LogP contribution in [0.25, 0.3) is 10.2 Å². The zero-order valence-electron chi connectivity index (χ0n) is 15.2. The molecule has 0 fully saturated rings. The Bertz CT molecular complexity index is 923. The number of rotatable bonds is 5. The van der Waals surface area contributed by atoms with Crippen molar-refractivity contribution in [3.05, 3.63) is 42.0 Å². The average molecular weight is 384 g/mol. The van der Waals surface area contributed by atoms with Gasteiger partial charge in [0, 0.05) is 12.1 Å². The van der Waals surface area contributed by atoms with Gasteiger partial charge < -0.3 is 14.2 Å². The summed E-state index contributed by atoms with van der Waals surface area (Å²) >= 11 is 1.39. The highest BCUT2D eigenvalue weighted by Crippen LogP contribution is 2.37. The summed E-state index contributed by atoms with van der Waals surface area (Å²) in [5.41, 5.74) is 2.00. The van der Waals surface area contributed by atoms with Crippen molar-refractivity contribution in [1.29, 1.82) is 0 Å². The van der Waals surface area contributed by atoms with Gasteiger partial charge >= 0.3 is 0 Å². The average Bonchev–Trinajstić information content (AvgIpc) is 3.05. The largest absolute Gasteiger partial charge is 0.486 e. The number of hydrogen-bond donors (Lipinski definition) is 1. The smallest absolute Gasteiger partial charge is 0.264 e. The van der Waals surface area contributed by atoms with Crippen molar-refractivity contribution in [1.82, 2.24) is 4.98 Å². The van der Waals surface area contributed by atoms with Gasteiger partial charge in [0.25, 0.3) is 5.91 Å². The molecule has 27 heavy (non-hydrogen) atoms. The fourth-order valence-electron chi connectivity index (χ4n) is 2.77. The molecule has 1 aliphatic rings. The zero-order chi connectivity index (χ0) is 18.8. The predicted molar refractivity (Wildman–Crippen MR) is 105 cm³/mol. The summed E-state index contributed by atoms with van der Waals surface area (Å²) in [6.07, 6.45) is 0. The third-order valence-electron chi connectivity index (χ3n) is 4.22. The van der Waals surface area contributed by atoms with E-state index in [9.17, 15) is 4.79 Å². The first kappa shape index (κ1) is 17.6. The molecule has 0 radical (unpaired) electrons. The molecule has 6 nitrogen and oxygen atoms in total. The molecule has 0 saturated heterocycles. The van der Waals surface area contributed by atoms with Crippen LogP contribution in [0.15, 0.2) is 36.4 Å². The molecule has 140 valence electrons. The first-order chi connectivity index (χ1) is 13.1. The number of nitrogens with one attached hydrogen (secondary N) is 1. The van der Waals surface area contributed by atoms with Crippen LogP contribution in [-0.4, -0.2) is 30.7 Å². The molecule has 0 atom stereocenters. The van der Waals surface area contributed by atoms with Crippen molar-refractivity contribution in [2.45, 2.75) is 19.8 Å². The van der Waals surface area contributed by atoms with Gasteiger partial charge in [-0.1, -0.05) is 37.3 Å². The van der Waals surface area contributed by atoms with E-state index in [-0.39, 0.29) is 12.5 Å². The summed E-state index contributed by atoms with van der Waals surface area (Å²) in [6, 6.07) is 11.5. The maximum atomic E-state index is 12.2. The van der Waals surface area contributed by atoms with Crippen molar-refractivity contribution in [3.63, 3.8) is 0 Å². The number of aromatic nitrogens is 1. The van der Waals surface area contributed by atoms with Gasteiger partial charge in [-0.05, 0) is 23.6 Å². The number of carbonyl (C=O) groups excluding carboxylic acids is 1. The van der Waals surface area contributed by atoms with E-state index in [0.29, 0.717) is 41.5 Å². The Morgan fingerprint density at radius 1 is 1.19 bits per heavy atom. The number of thiazole rings is 1. The van der Waals surface area contributed by atoms with E-state index >= 15 is 0 Å². The number of anilines is 1. The second kappa shape index (κ2) is 7.44. The number of ether oxygens (including phenoxy) is 3. The second-order valence-electron chi connectivity index (χ2n) is 6.54. The third-order valence-corrected chi connectivity index (χ3v) is 5.15. The minimum Gasteiger partial charge on any atom is -0.486 e. The Hall–Kier alpha value is -2.80. The van der Waals surface area contributed by atoms with Gasteiger partial charge in [0.1, 0.15) is 19.0 Å². The maximum Gasteiger partial charge on any atom is 0.264 e. The lowest BCUT2D eigenvalue weighted by Crippen LogP contribution is -2.20. The van der Waals surface area contributed by atoms with Gasteiger partial charge in [0.05, 0.1) is 10.2 Å². The van der Waals surface area contributed by atoms with Crippen LogP contribution in [0.5, 0.6) is 17.2 Å². The Balaban J connectivity index is 1.39. The highest BCUT2D eigenvalue weighted by atomic mass is 32.1. The van der Waals surface area contributed by atoms with E-state index in [1.165, 1.54) is 16.9 Å². The molecule has 2 aromatic carbocycles. The van der Waals surface area contributed by atoms with E-state index in [4.69, 9.17) is 14.2 Å². The van der Waals surface area contributed by atoms with Crippen LogP contribution in [-0.2, 0) is 4.79 Å². The molecule has 1 aliphatic heterocycles. The predicted octanol–water partition coefficient (Wildman–Crippen LogP) is 4.21. The third kappa shape index (κ3) is 3.98. The quantitative estimate of drug-likeness (QED) is 0.714. The first-order valence-corrected chi connectivity index (χ1v) is 9.63. The molecule has 1 N–H and O–H groups in total. The van der Waals surface area contributed by atoms with E-state index in [1.807, 2.05) is 36.4 Å². The number of carbonyl (C=O) groups is 1. The van der Waals surface area contributed by atoms with Crippen LogP contribution in [0.1, 0.15) is 25.3 Å². The Labute approximate surface area is 161 Å². The molecule has 1 aromatic heterocycles. The molecule has 0 spiro atoms. The molecule has 0 aliphatic carbocycles. The standard InChI is InChI=1S/C20H20N2O4S/c1-12(2)13-3-5-14(6-4-13)26-11-19(23)22-20-21-15-9-16-17(10-18(15)27-20)25-8-7-24-16/h3-6,9-10,12H,7-8,11H2,1-2H3,(H,21,22,23). The van der Waals surface area contributed by atoms with Crippen LogP contribution >= 0.6 is 11.3 Å². The summed E-state index contributed by atoms with van der Waals surface area (Å²) in [6.45, 7) is 5.27. The molecule has 1 amide bonds. The molecule has 7 heteroatoms. The van der Waals surface area contributed by atoms with Gasteiger partial charge in [-0.15, -0.1) is 0 Å². The number of amides is 1. The molecule has 0 unspecified atom stereocenters. The Morgan fingerprint density at radius 3 is 2.59 bits per heavy atom. The van der Waals surface area contributed by atoms with Gasteiger partial charge in [0.15, 0.2) is 23.2 Å². The molecule has 3 aromatic rings. The Kier molecular flexibility index (Phi) is 4.85. The second-order valence-corrected chi connectivity index (χ2v) is 7.57. The van der Waals surface area contributed by atoms with E-state index < -0.39 is 0 Å². The summed E-state index contributed by atoms with van der Waals surface area (Å²) in [5.74, 6) is 2.27. The minimum atomic E-state index is -0.251. The lowest BCUT2D eigenvalue weighted by atomic mass is 10.0. The highest BCUT2D eigenvalue weighted by Gasteiger charge is 2.16. The van der Waals surface area contributed by atoms with Gasteiger partial charge in [-0.3, -0.25) is 10.1 Å². The lowest BCUT2D eigenvalue weighted by molar-refractivity contribution is -0.118. The van der Waals surface area contributed by atoms with Crippen molar-refractivity contribution in [2.24, 2.45) is 0 Å².